The summed E-state index contributed by atoms with van der Waals surface area (Å²) in [5.41, 5.74) is 4.04. The van der Waals surface area contributed by atoms with E-state index in [1.165, 1.54) is 0 Å². The molecule has 0 fully saturated rings. The van der Waals surface area contributed by atoms with Gasteiger partial charge in [0.25, 0.3) is 0 Å². The molecule has 0 radical (unpaired) electrons. The molecule has 8 nitrogen and oxygen atoms in total. The van der Waals surface area contributed by atoms with Crippen molar-refractivity contribution in [3.05, 3.63) is 60.9 Å². The Labute approximate surface area is 192 Å². The number of carbonyl (C=O) groups excluding carboxylic acids is 1. The lowest BCUT2D eigenvalue weighted by Crippen LogP contribution is -2.16. The number of fused-ring (bicyclic) bond motifs is 1. The smallest absolute Gasteiger partial charge is 0.389 e. The van der Waals surface area contributed by atoms with Crippen molar-refractivity contribution in [3.8, 4) is 22.5 Å². The van der Waals surface area contributed by atoms with Gasteiger partial charge in [0.05, 0.1) is 30.6 Å². The molecule has 0 unspecified atom stereocenters. The molecule has 1 aromatic carbocycles. The van der Waals surface area contributed by atoms with Crippen molar-refractivity contribution >= 4 is 23.1 Å². The normalized spacial score (nSPS) is 11.5. The van der Waals surface area contributed by atoms with E-state index in [9.17, 15) is 18.0 Å². The zero-order valence-corrected chi connectivity index (χ0v) is 17.9. The third kappa shape index (κ3) is 5.67. The summed E-state index contributed by atoms with van der Waals surface area (Å²) in [5.74, 6) is -0.136. The second kappa shape index (κ2) is 9.87. The minimum atomic E-state index is -4.38. The van der Waals surface area contributed by atoms with Crippen LogP contribution in [0.25, 0.3) is 28.2 Å². The molecule has 0 atom stereocenters. The van der Waals surface area contributed by atoms with Gasteiger partial charge in [0.15, 0.2) is 0 Å². The zero-order chi connectivity index (χ0) is 24.1. The average Bonchev–Trinajstić information content (AvgIpc) is 3.25. The summed E-state index contributed by atoms with van der Waals surface area (Å²) in [6, 6.07) is 14.2. The Balaban J connectivity index is 1.52. The van der Waals surface area contributed by atoms with Crippen LogP contribution in [0.4, 0.5) is 24.7 Å². The number of amides is 1. The summed E-state index contributed by atoms with van der Waals surface area (Å²) in [4.78, 5) is 16.3. The van der Waals surface area contributed by atoms with Gasteiger partial charge in [-0.15, -0.1) is 10.2 Å². The SMILES string of the molecule is O=C(CCC(F)(F)F)Nc1cccc(-c2cnc3cc(-c4ccc(NCCO)nn4)ccn23)c1. The van der Waals surface area contributed by atoms with Crippen LogP contribution in [-0.4, -0.2) is 49.9 Å². The molecule has 1 amide bonds. The van der Waals surface area contributed by atoms with Crippen LogP contribution in [0, 0.1) is 0 Å². The van der Waals surface area contributed by atoms with Crippen molar-refractivity contribution in [2.75, 3.05) is 23.8 Å². The molecular weight excluding hydrogens is 449 g/mol. The minimum absolute atomic E-state index is 0.00432. The molecule has 11 heteroatoms. The van der Waals surface area contributed by atoms with E-state index < -0.39 is 24.9 Å². The first-order chi connectivity index (χ1) is 16.3. The first kappa shape index (κ1) is 23.2. The highest BCUT2D eigenvalue weighted by Crippen LogP contribution is 2.27. The maximum atomic E-state index is 12.3. The summed E-state index contributed by atoms with van der Waals surface area (Å²) in [6.45, 7) is 0.380. The van der Waals surface area contributed by atoms with E-state index in [0.29, 0.717) is 29.4 Å². The standard InChI is InChI=1S/C23H21F3N6O2/c24-23(25,26)8-6-22(34)29-17-3-1-2-16(12-17)19-14-28-21-13-15(7-10-32(19)21)18-4-5-20(31-30-18)27-9-11-33/h1-5,7,10,12-14,33H,6,8-9,11H2,(H,27,31)(H,29,34). The Bertz CT molecular complexity index is 1290. The van der Waals surface area contributed by atoms with E-state index in [-0.39, 0.29) is 6.61 Å². The van der Waals surface area contributed by atoms with Gasteiger partial charge in [0.2, 0.25) is 5.91 Å². The largest absolute Gasteiger partial charge is 0.395 e. The van der Waals surface area contributed by atoms with Crippen LogP contribution >= 0.6 is 0 Å². The summed E-state index contributed by atoms with van der Waals surface area (Å²) < 4.78 is 38.9. The first-order valence-electron chi connectivity index (χ1n) is 10.5. The number of carbonyl (C=O) groups is 1. The molecule has 176 valence electrons. The third-order valence-electron chi connectivity index (χ3n) is 4.97. The average molecular weight is 470 g/mol. The number of anilines is 2. The highest BCUT2D eigenvalue weighted by molar-refractivity contribution is 5.91. The molecule has 0 aliphatic rings. The van der Waals surface area contributed by atoms with E-state index in [4.69, 9.17) is 5.11 Å². The van der Waals surface area contributed by atoms with Gasteiger partial charge in [-0.3, -0.25) is 9.20 Å². The molecule has 0 spiro atoms. The molecule has 0 aliphatic carbocycles. The Kier molecular flexibility index (Phi) is 6.73. The molecule has 0 aliphatic heterocycles. The third-order valence-corrected chi connectivity index (χ3v) is 4.97. The second-order valence-electron chi connectivity index (χ2n) is 7.49. The fraction of sp³-hybridized carbons (Fsp3) is 0.217. The van der Waals surface area contributed by atoms with Gasteiger partial charge in [-0.2, -0.15) is 13.2 Å². The van der Waals surface area contributed by atoms with Gasteiger partial charge in [0.1, 0.15) is 11.5 Å². The van der Waals surface area contributed by atoms with Crippen LogP contribution in [0.2, 0.25) is 0 Å². The maximum absolute atomic E-state index is 12.3. The van der Waals surface area contributed by atoms with Crippen molar-refractivity contribution < 1.29 is 23.1 Å². The van der Waals surface area contributed by atoms with Crippen LogP contribution < -0.4 is 10.6 Å². The van der Waals surface area contributed by atoms with Crippen molar-refractivity contribution in [1.82, 2.24) is 19.6 Å². The monoisotopic (exact) mass is 470 g/mol. The summed E-state index contributed by atoms with van der Waals surface area (Å²) in [6.07, 6.45) is -2.66. The molecular formula is C23H21F3N6O2. The molecule has 0 bridgehead atoms. The van der Waals surface area contributed by atoms with Gasteiger partial charge < -0.3 is 15.7 Å². The van der Waals surface area contributed by atoms with E-state index in [0.717, 1.165) is 16.8 Å². The molecule has 0 saturated heterocycles. The van der Waals surface area contributed by atoms with Crippen LogP contribution in [0.15, 0.2) is 60.9 Å². The summed E-state index contributed by atoms with van der Waals surface area (Å²) in [5, 5.41) is 22.6. The van der Waals surface area contributed by atoms with Crippen molar-refractivity contribution in [3.63, 3.8) is 0 Å². The number of benzene rings is 1. The molecule has 3 heterocycles. The lowest BCUT2D eigenvalue weighted by atomic mass is 10.1. The van der Waals surface area contributed by atoms with Crippen LogP contribution in [0.3, 0.4) is 0 Å². The number of hydrogen-bond donors (Lipinski definition) is 3. The van der Waals surface area contributed by atoms with Crippen molar-refractivity contribution in [2.45, 2.75) is 19.0 Å². The van der Waals surface area contributed by atoms with Crippen LogP contribution in [0.5, 0.6) is 0 Å². The van der Waals surface area contributed by atoms with Gasteiger partial charge in [0, 0.05) is 36.0 Å². The lowest BCUT2D eigenvalue weighted by molar-refractivity contribution is -0.142. The van der Waals surface area contributed by atoms with Crippen LogP contribution in [-0.2, 0) is 4.79 Å². The number of alkyl halides is 3. The predicted octanol–water partition coefficient (Wildman–Crippen LogP) is 4.14. The molecule has 4 rings (SSSR count). The molecule has 4 aromatic rings. The number of halogens is 3. The van der Waals surface area contributed by atoms with E-state index in [1.807, 2.05) is 34.9 Å². The highest BCUT2D eigenvalue weighted by Gasteiger charge is 2.27. The van der Waals surface area contributed by atoms with Crippen molar-refractivity contribution in [2.24, 2.45) is 0 Å². The first-order valence-corrected chi connectivity index (χ1v) is 10.5. The molecule has 34 heavy (non-hydrogen) atoms. The number of aliphatic hydroxyl groups is 1. The Morgan fingerprint density at radius 2 is 1.91 bits per heavy atom. The predicted molar refractivity (Wildman–Crippen MR) is 121 cm³/mol. The molecule has 3 N–H and O–H groups in total. The number of aromatic nitrogens is 4. The van der Waals surface area contributed by atoms with E-state index in [1.54, 1.807) is 30.5 Å². The second-order valence-corrected chi connectivity index (χ2v) is 7.49. The topological polar surface area (TPSA) is 104 Å². The van der Waals surface area contributed by atoms with Gasteiger partial charge in [-0.25, -0.2) is 4.98 Å². The maximum Gasteiger partial charge on any atom is 0.389 e. The van der Waals surface area contributed by atoms with E-state index in [2.05, 4.69) is 25.8 Å². The fourth-order valence-electron chi connectivity index (χ4n) is 3.35. The number of hydrogen-bond acceptors (Lipinski definition) is 6. The number of nitrogens with one attached hydrogen (secondary N) is 2. The number of nitrogens with zero attached hydrogens (tertiary/aromatic N) is 4. The Morgan fingerprint density at radius 3 is 2.65 bits per heavy atom. The summed E-state index contributed by atoms with van der Waals surface area (Å²) in [7, 11) is 0. The Morgan fingerprint density at radius 1 is 1.06 bits per heavy atom. The van der Waals surface area contributed by atoms with Gasteiger partial charge >= 0.3 is 6.18 Å². The minimum Gasteiger partial charge on any atom is -0.395 e. The zero-order valence-electron chi connectivity index (χ0n) is 17.9. The molecule has 3 aromatic heterocycles. The number of pyridine rings is 1. The molecule has 0 saturated carbocycles. The van der Waals surface area contributed by atoms with Gasteiger partial charge in [-0.1, -0.05) is 12.1 Å². The Hall–Kier alpha value is -3.99. The van der Waals surface area contributed by atoms with Crippen molar-refractivity contribution in [1.29, 1.82) is 0 Å². The number of imidazole rings is 1. The van der Waals surface area contributed by atoms with Gasteiger partial charge in [-0.05, 0) is 36.4 Å². The lowest BCUT2D eigenvalue weighted by Gasteiger charge is -2.09. The quantitative estimate of drug-likeness (QED) is 0.358. The summed E-state index contributed by atoms with van der Waals surface area (Å²) >= 11 is 0. The number of rotatable bonds is 8. The fourth-order valence-corrected chi connectivity index (χ4v) is 3.35. The number of aliphatic hydroxyl groups excluding tert-OH is 1. The van der Waals surface area contributed by atoms with E-state index >= 15 is 0 Å². The van der Waals surface area contributed by atoms with Crippen LogP contribution in [0.1, 0.15) is 12.8 Å². The highest BCUT2D eigenvalue weighted by atomic mass is 19.4.